The molecule has 0 saturated heterocycles. The fraction of sp³-hybridized carbons (Fsp3) is 0.156. The number of benzene rings is 4. The van der Waals surface area contributed by atoms with E-state index in [1.807, 2.05) is 60.7 Å². The van der Waals surface area contributed by atoms with Gasteiger partial charge in [-0.05, 0) is 41.5 Å². The summed E-state index contributed by atoms with van der Waals surface area (Å²) in [4.78, 5) is 26.0. The van der Waals surface area contributed by atoms with Crippen LogP contribution < -0.4 is 31.2 Å². The van der Waals surface area contributed by atoms with Crippen molar-refractivity contribution >= 4 is 29.0 Å². The second-order valence-electron chi connectivity index (χ2n) is 9.39. The Bertz CT molecular complexity index is 1530. The van der Waals surface area contributed by atoms with Gasteiger partial charge in [0.05, 0.1) is 12.8 Å². The van der Waals surface area contributed by atoms with Gasteiger partial charge in [0.15, 0.2) is 17.3 Å². The van der Waals surface area contributed by atoms with Gasteiger partial charge in [-0.3, -0.25) is 9.59 Å². The predicted molar refractivity (Wildman–Crippen MR) is 162 cm³/mol. The first-order chi connectivity index (χ1) is 20.4. The molecule has 1 unspecified atom stereocenters. The number of amidine groups is 1. The lowest BCUT2D eigenvalue weighted by molar-refractivity contribution is -0.122. The van der Waals surface area contributed by atoms with E-state index in [0.717, 1.165) is 11.1 Å². The minimum absolute atomic E-state index is 0.0394. The molecule has 0 radical (unpaired) electrons. The Morgan fingerprint density at radius 3 is 2.14 bits per heavy atom. The Hall–Kier alpha value is -5.51. The molecule has 6 N–H and O–H groups in total. The van der Waals surface area contributed by atoms with Gasteiger partial charge in [0.2, 0.25) is 11.8 Å². The van der Waals surface area contributed by atoms with Crippen molar-refractivity contribution < 1.29 is 24.3 Å². The molecule has 0 spiro atoms. The van der Waals surface area contributed by atoms with Crippen LogP contribution in [0.15, 0.2) is 102 Å². The highest BCUT2D eigenvalue weighted by Crippen LogP contribution is 2.38. The van der Waals surface area contributed by atoms with Crippen LogP contribution in [-0.4, -0.2) is 30.0 Å². The number of carbonyl (C=O) groups excluding carboxylic acids is 2. The molecular weight excluding hydrogens is 534 g/mol. The molecule has 0 bridgehead atoms. The maximum Gasteiger partial charge on any atom is 0.247 e. The number of nitrogens with one attached hydrogen (secondary N) is 3. The molecular formula is C32H33N5O5. The standard InChI is InChI=1S/C32H33N5O5/c1-21(38)35-27-18-29(42-20-23-11-7-4-8-12-23)28(41-2)17-26(27)30(32(39)34-19-22-9-5-3-6-10-22)36-25-15-13-24(14-16-25)31(33)37-40/h3-18,30,36,40H,19-20H2,1-2H3,(H2,33,37)(H,34,39)(H,35,38). The number of nitrogens with two attached hydrogens (primary N) is 1. The summed E-state index contributed by atoms with van der Waals surface area (Å²) in [5.74, 6) is 0.0934. The molecule has 0 aliphatic heterocycles. The van der Waals surface area contributed by atoms with Crippen LogP contribution in [0.3, 0.4) is 0 Å². The fourth-order valence-corrected chi connectivity index (χ4v) is 4.25. The smallest absolute Gasteiger partial charge is 0.247 e. The van der Waals surface area contributed by atoms with Crippen LogP contribution in [0.2, 0.25) is 0 Å². The Balaban J connectivity index is 1.71. The van der Waals surface area contributed by atoms with Gasteiger partial charge in [-0.25, -0.2) is 0 Å². The fourth-order valence-electron chi connectivity index (χ4n) is 4.25. The van der Waals surface area contributed by atoms with Gasteiger partial charge in [0.1, 0.15) is 12.6 Å². The highest BCUT2D eigenvalue weighted by atomic mass is 16.5. The Labute approximate surface area is 244 Å². The number of rotatable bonds is 12. The topological polar surface area (TPSA) is 147 Å². The van der Waals surface area contributed by atoms with Crippen LogP contribution in [0.1, 0.15) is 35.2 Å². The van der Waals surface area contributed by atoms with E-state index in [1.54, 1.807) is 36.4 Å². The monoisotopic (exact) mass is 567 g/mol. The van der Waals surface area contributed by atoms with Gasteiger partial charge in [0.25, 0.3) is 0 Å². The zero-order valence-corrected chi connectivity index (χ0v) is 23.3. The van der Waals surface area contributed by atoms with Crippen molar-refractivity contribution in [3.8, 4) is 11.5 Å². The molecule has 1 atom stereocenters. The van der Waals surface area contributed by atoms with E-state index in [2.05, 4.69) is 21.1 Å². The van der Waals surface area contributed by atoms with E-state index < -0.39 is 6.04 Å². The average molecular weight is 568 g/mol. The normalized spacial score (nSPS) is 11.7. The summed E-state index contributed by atoms with van der Waals surface area (Å²) in [6.45, 7) is 1.97. The van der Waals surface area contributed by atoms with E-state index in [4.69, 9.17) is 20.4 Å². The number of hydrogen-bond donors (Lipinski definition) is 5. The van der Waals surface area contributed by atoms with Crippen LogP contribution in [0.25, 0.3) is 0 Å². The zero-order chi connectivity index (χ0) is 29.9. The molecule has 0 aliphatic rings. The average Bonchev–Trinajstić information content (AvgIpc) is 3.02. The van der Waals surface area contributed by atoms with Crippen molar-refractivity contribution in [2.75, 3.05) is 17.7 Å². The van der Waals surface area contributed by atoms with Crippen molar-refractivity contribution in [1.82, 2.24) is 5.32 Å². The van der Waals surface area contributed by atoms with E-state index in [1.165, 1.54) is 14.0 Å². The minimum Gasteiger partial charge on any atom is -0.493 e. The predicted octanol–water partition coefficient (Wildman–Crippen LogP) is 4.80. The molecule has 0 fully saturated rings. The lowest BCUT2D eigenvalue weighted by atomic mass is 10.0. The van der Waals surface area contributed by atoms with Gasteiger partial charge in [-0.15, -0.1) is 0 Å². The molecule has 0 heterocycles. The second kappa shape index (κ2) is 14.2. The summed E-state index contributed by atoms with van der Waals surface area (Å²) in [6, 6.07) is 28.3. The first-order valence-electron chi connectivity index (χ1n) is 13.2. The minimum atomic E-state index is -0.956. The summed E-state index contributed by atoms with van der Waals surface area (Å²) in [6.07, 6.45) is 0. The van der Waals surface area contributed by atoms with E-state index >= 15 is 0 Å². The number of hydrogen-bond acceptors (Lipinski definition) is 7. The molecule has 4 aromatic carbocycles. The van der Waals surface area contributed by atoms with Crippen molar-refractivity contribution in [1.29, 1.82) is 0 Å². The lowest BCUT2D eigenvalue weighted by Crippen LogP contribution is -2.34. The SMILES string of the molecule is COc1cc(C(Nc2ccc(/C(N)=N/O)cc2)C(=O)NCc2ccccc2)c(NC(C)=O)cc1OCc1ccccc1. The number of amides is 2. The third kappa shape index (κ3) is 7.79. The maximum atomic E-state index is 13.7. The van der Waals surface area contributed by atoms with Gasteiger partial charge in [-0.1, -0.05) is 65.8 Å². The first-order valence-corrected chi connectivity index (χ1v) is 13.2. The highest BCUT2D eigenvalue weighted by molar-refractivity contribution is 5.97. The Morgan fingerprint density at radius 1 is 0.905 bits per heavy atom. The second-order valence-corrected chi connectivity index (χ2v) is 9.39. The number of anilines is 2. The van der Waals surface area contributed by atoms with Crippen LogP contribution in [0.4, 0.5) is 11.4 Å². The number of ether oxygens (including phenoxy) is 2. The third-order valence-corrected chi connectivity index (χ3v) is 6.37. The Kier molecular flexibility index (Phi) is 9.98. The summed E-state index contributed by atoms with van der Waals surface area (Å²) < 4.78 is 11.7. The van der Waals surface area contributed by atoms with Crippen molar-refractivity contribution in [2.24, 2.45) is 10.9 Å². The van der Waals surface area contributed by atoms with Crippen LogP contribution in [-0.2, 0) is 22.7 Å². The number of nitrogens with zero attached hydrogens (tertiary/aromatic N) is 1. The molecule has 0 saturated carbocycles. The number of methoxy groups -OCH3 is 1. The van der Waals surface area contributed by atoms with E-state index in [9.17, 15) is 9.59 Å². The zero-order valence-electron chi connectivity index (χ0n) is 23.3. The quantitative estimate of drug-likeness (QED) is 0.0715. The summed E-state index contributed by atoms with van der Waals surface area (Å²) in [5.41, 5.74) is 9.52. The number of oxime groups is 1. The molecule has 216 valence electrons. The van der Waals surface area contributed by atoms with Gasteiger partial charge in [-0.2, -0.15) is 0 Å². The molecule has 4 aromatic rings. The largest absolute Gasteiger partial charge is 0.493 e. The van der Waals surface area contributed by atoms with Gasteiger partial charge < -0.3 is 36.4 Å². The maximum absolute atomic E-state index is 13.7. The molecule has 10 heteroatoms. The van der Waals surface area contributed by atoms with Crippen molar-refractivity contribution in [3.05, 3.63) is 119 Å². The van der Waals surface area contributed by atoms with E-state index in [0.29, 0.717) is 40.5 Å². The number of carbonyl (C=O) groups is 2. The van der Waals surface area contributed by atoms with Crippen molar-refractivity contribution in [3.63, 3.8) is 0 Å². The van der Waals surface area contributed by atoms with E-state index in [-0.39, 0.29) is 24.3 Å². The van der Waals surface area contributed by atoms with Crippen LogP contribution in [0.5, 0.6) is 11.5 Å². The summed E-state index contributed by atoms with van der Waals surface area (Å²) in [7, 11) is 1.51. The van der Waals surface area contributed by atoms with Gasteiger partial charge >= 0.3 is 0 Å². The Morgan fingerprint density at radius 2 is 1.55 bits per heavy atom. The first kappa shape index (κ1) is 29.5. The molecule has 2 amide bonds. The highest BCUT2D eigenvalue weighted by Gasteiger charge is 2.26. The third-order valence-electron chi connectivity index (χ3n) is 6.37. The molecule has 10 nitrogen and oxygen atoms in total. The van der Waals surface area contributed by atoms with Crippen LogP contribution in [0, 0.1) is 0 Å². The molecule has 42 heavy (non-hydrogen) atoms. The molecule has 0 aromatic heterocycles. The van der Waals surface area contributed by atoms with Crippen molar-refractivity contribution in [2.45, 2.75) is 26.1 Å². The molecule has 0 aliphatic carbocycles. The van der Waals surface area contributed by atoms with Gasteiger partial charge in [0, 0.05) is 36.3 Å². The lowest BCUT2D eigenvalue weighted by Gasteiger charge is -2.24. The summed E-state index contributed by atoms with van der Waals surface area (Å²) >= 11 is 0. The molecule has 4 rings (SSSR count). The summed E-state index contributed by atoms with van der Waals surface area (Å²) in [5, 5.41) is 21.1. The van der Waals surface area contributed by atoms with Crippen LogP contribution >= 0.6 is 0 Å².